The molecule has 0 aliphatic heterocycles. The number of hydrogen-bond donors (Lipinski definition) is 2. The van der Waals surface area contributed by atoms with Crippen molar-refractivity contribution in [3.63, 3.8) is 0 Å². The highest BCUT2D eigenvalue weighted by atomic mass is 127. The molecule has 0 saturated heterocycles. The molecule has 0 radical (unpaired) electrons. The number of hydrogen-bond acceptors (Lipinski definition) is 3. The lowest BCUT2D eigenvalue weighted by atomic mass is 10.1. The predicted molar refractivity (Wildman–Crippen MR) is 96.8 cm³/mol. The average molecular weight is 430 g/mol. The van der Waals surface area contributed by atoms with Gasteiger partial charge in [-0.25, -0.2) is 8.42 Å². The summed E-state index contributed by atoms with van der Waals surface area (Å²) in [6.45, 7) is 1.70. The third-order valence-corrected chi connectivity index (χ3v) is 4.29. The van der Waals surface area contributed by atoms with E-state index in [-0.39, 0.29) is 5.91 Å². The van der Waals surface area contributed by atoms with Crippen LogP contribution in [0.5, 0.6) is 0 Å². The second-order valence-corrected chi connectivity index (χ2v) is 7.81. The van der Waals surface area contributed by atoms with Crippen LogP contribution in [0, 0.1) is 10.5 Å². The summed E-state index contributed by atoms with van der Waals surface area (Å²) in [6, 6.07) is 12.3. The maximum atomic E-state index is 12.3. The number of amides is 1. The van der Waals surface area contributed by atoms with Crippen molar-refractivity contribution in [3.8, 4) is 0 Å². The summed E-state index contributed by atoms with van der Waals surface area (Å²) < 4.78 is 26.2. The smallest absolute Gasteiger partial charge is 0.256 e. The highest BCUT2D eigenvalue weighted by molar-refractivity contribution is 14.1. The number of sulfonamides is 1. The SMILES string of the molecule is Cc1c(NS(C)(=O)=O)cccc1C(=O)Nc1ccc(I)cc1. The Hall–Kier alpha value is -1.61. The van der Waals surface area contributed by atoms with Crippen molar-refractivity contribution in [2.45, 2.75) is 6.92 Å². The van der Waals surface area contributed by atoms with Crippen LogP contribution >= 0.6 is 22.6 Å². The van der Waals surface area contributed by atoms with Crippen molar-refractivity contribution in [1.82, 2.24) is 0 Å². The first kappa shape index (κ1) is 16.8. The minimum Gasteiger partial charge on any atom is -0.322 e. The Morgan fingerprint density at radius 3 is 2.32 bits per heavy atom. The van der Waals surface area contributed by atoms with Crippen molar-refractivity contribution in [2.75, 3.05) is 16.3 Å². The van der Waals surface area contributed by atoms with E-state index >= 15 is 0 Å². The van der Waals surface area contributed by atoms with Gasteiger partial charge in [-0.2, -0.15) is 0 Å². The van der Waals surface area contributed by atoms with Gasteiger partial charge in [-0.3, -0.25) is 9.52 Å². The van der Waals surface area contributed by atoms with Gasteiger partial charge in [0.2, 0.25) is 10.0 Å². The Bertz CT molecular complexity index is 802. The molecule has 0 fully saturated rings. The van der Waals surface area contributed by atoms with Crippen molar-refractivity contribution in [3.05, 3.63) is 57.2 Å². The minimum atomic E-state index is -3.39. The molecule has 0 spiro atoms. The largest absolute Gasteiger partial charge is 0.322 e. The minimum absolute atomic E-state index is 0.282. The van der Waals surface area contributed by atoms with Crippen LogP contribution in [0.2, 0.25) is 0 Å². The highest BCUT2D eigenvalue weighted by Gasteiger charge is 2.13. The fraction of sp³-hybridized carbons (Fsp3) is 0.133. The maximum Gasteiger partial charge on any atom is 0.256 e. The summed E-state index contributed by atoms with van der Waals surface area (Å²) in [5, 5.41) is 2.80. The van der Waals surface area contributed by atoms with E-state index in [1.807, 2.05) is 24.3 Å². The zero-order valence-corrected chi connectivity index (χ0v) is 15.0. The van der Waals surface area contributed by atoms with Crippen molar-refractivity contribution >= 4 is 49.9 Å². The molecule has 2 aromatic carbocycles. The van der Waals surface area contributed by atoms with Gasteiger partial charge in [-0.05, 0) is 71.5 Å². The molecule has 0 heterocycles. The number of halogens is 1. The predicted octanol–water partition coefficient (Wildman–Crippen LogP) is 3.22. The van der Waals surface area contributed by atoms with E-state index in [2.05, 4.69) is 32.6 Å². The first-order valence-corrected chi connectivity index (χ1v) is 9.37. The van der Waals surface area contributed by atoms with E-state index in [9.17, 15) is 13.2 Å². The Morgan fingerprint density at radius 1 is 1.09 bits per heavy atom. The van der Waals surface area contributed by atoms with E-state index in [0.717, 1.165) is 9.83 Å². The normalized spacial score (nSPS) is 11.0. The number of rotatable bonds is 4. The quantitative estimate of drug-likeness (QED) is 0.732. The van der Waals surface area contributed by atoms with Crippen molar-refractivity contribution < 1.29 is 13.2 Å². The molecule has 0 aromatic heterocycles. The number of carbonyl (C=O) groups is 1. The van der Waals surface area contributed by atoms with Crippen LogP contribution in [0.3, 0.4) is 0 Å². The standard InChI is InChI=1S/C15H15IN2O3S/c1-10-13(4-3-5-14(10)18-22(2,20)21)15(19)17-12-8-6-11(16)7-9-12/h3-9,18H,1-2H3,(H,17,19). The first-order valence-electron chi connectivity index (χ1n) is 6.40. The second-order valence-electron chi connectivity index (χ2n) is 4.81. The molecular formula is C15H15IN2O3S. The molecule has 116 valence electrons. The lowest BCUT2D eigenvalue weighted by molar-refractivity contribution is 0.102. The Labute approximate surface area is 143 Å². The average Bonchev–Trinajstić information content (AvgIpc) is 2.42. The lowest BCUT2D eigenvalue weighted by Crippen LogP contribution is -2.16. The third kappa shape index (κ3) is 4.44. The van der Waals surface area contributed by atoms with Crippen LogP contribution in [0.4, 0.5) is 11.4 Å². The van der Waals surface area contributed by atoms with E-state index in [0.29, 0.717) is 22.5 Å². The van der Waals surface area contributed by atoms with Crippen LogP contribution in [-0.2, 0) is 10.0 Å². The Balaban J connectivity index is 2.26. The van der Waals surface area contributed by atoms with E-state index < -0.39 is 10.0 Å². The fourth-order valence-electron chi connectivity index (χ4n) is 1.92. The van der Waals surface area contributed by atoms with Gasteiger partial charge < -0.3 is 5.32 Å². The molecule has 0 unspecified atom stereocenters. The summed E-state index contributed by atoms with van der Waals surface area (Å²) in [4.78, 5) is 12.3. The van der Waals surface area contributed by atoms with Gasteiger partial charge in [-0.15, -0.1) is 0 Å². The summed E-state index contributed by atoms with van der Waals surface area (Å²) in [5.41, 5.74) is 2.09. The first-order chi connectivity index (χ1) is 10.3. The molecule has 0 bridgehead atoms. The molecular weight excluding hydrogens is 415 g/mol. The van der Waals surface area contributed by atoms with Gasteiger partial charge in [0.25, 0.3) is 5.91 Å². The summed E-state index contributed by atoms with van der Waals surface area (Å²) in [7, 11) is -3.39. The van der Waals surface area contributed by atoms with Gasteiger partial charge in [0.15, 0.2) is 0 Å². The maximum absolute atomic E-state index is 12.3. The topological polar surface area (TPSA) is 75.3 Å². The molecule has 2 N–H and O–H groups in total. The lowest BCUT2D eigenvalue weighted by Gasteiger charge is -2.12. The van der Waals surface area contributed by atoms with Gasteiger partial charge >= 0.3 is 0 Å². The number of nitrogens with one attached hydrogen (secondary N) is 2. The molecule has 0 saturated carbocycles. The molecule has 0 aliphatic rings. The Morgan fingerprint density at radius 2 is 1.73 bits per heavy atom. The molecule has 0 aliphatic carbocycles. The highest BCUT2D eigenvalue weighted by Crippen LogP contribution is 2.21. The molecule has 2 aromatic rings. The molecule has 5 nitrogen and oxygen atoms in total. The van der Waals surface area contributed by atoms with Crippen LogP contribution in [0.1, 0.15) is 15.9 Å². The van der Waals surface area contributed by atoms with Gasteiger partial charge in [-0.1, -0.05) is 6.07 Å². The summed E-state index contributed by atoms with van der Waals surface area (Å²) in [5.74, 6) is -0.282. The van der Waals surface area contributed by atoms with Crippen molar-refractivity contribution in [2.24, 2.45) is 0 Å². The Kier molecular flexibility index (Phi) is 5.07. The number of benzene rings is 2. The zero-order valence-electron chi connectivity index (χ0n) is 12.1. The van der Waals surface area contributed by atoms with E-state index in [1.165, 1.54) is 0 Å². The third-order valence-electron chi connectivity index (χ3n) is 2.98. The van der Waals surface area contributed by atoms with Crippen LogP contribution in [0.15, 0.2) is 42.5 Å². The molecule has 2 rings (SSSR count). The second kappa shape index (κ2) is 6.66. The molecule has 22 heavy (non-hydrogen) atoms. The number of anilines is 2. The van der Waals surface area contributed by atoms with Crippen LogP contribution in [0.25, 0.3) is 0 Å². The molecule has 1 amide bonds. The van der Waals surface area contributed by atoms with Crippen LogP contribution in [-0.4, -0.2) is 20.6 Å². The van der Waals surface area contributed by atoms with Gasteiger partial charge in [0.1, 0.15) is 0 Å². The van der Waals surface area contributed by atoms with Gasteiger partial charge in [0, 0.05) is 14.8 Å². The van der Waals surface area contributed by atoms with E-state index in [1.54, 1.807) is 25.1 Å². The fourth-order valence-corrected chi connectivity index (χ4v) is 2.90. The zero-order chi connectivity index (χ0) is 16.3. The van der Waals surface area contributed by atoms with E-state index in [4.69, 9.17) is 0 Å². The van der Waals surface area contributed by atoms with Crippen LogP contribution < -0.4 is 10.0 Å². The molecule has 7 heteroatoms. The summed E-state index contributed by atoms with van der Waals surface area (Å²) in [6.07, 6.45) is 1.07. The monoisotopic (exact) mass is 430 g/mol. The summed E-state index contributed by atoms with van der Waals surface area (Å²) >= 11 is 2.19. The number of carbonyl (C=O) groups excluding carboxylic acids is 1. The molecule has 0 atom stereocenters. The van der Waals surface area contributed by atoms with Gasteiger partial charge in [0.05, 0.1) is 11.9 Å². The van der Waals surface area contributed by atoms with Crippen molar-refractivity contribution in [1.29, 1.82) is 0 Å².